The van der Waals surface area contributed by atoms with E-state index in [0.29, 0.717) is 0 Å². The minimum absolute atomic E-state index is 1.15. The second-order valence-corrected chi connectivity index (χ2v) is 14.6. The van der Waals surface area contributed by atoms with Crippen molar-refractivity contribution >= 4 is 43.6 Å². The van der Waals surface area contributed by atoms with Gasteiger partial charge in [-0.05, 0) is 93.5 Å². The van der Waals surface area contributed by atoms with Crippen LogP contribution in [0.2, 0.25) is 0 Å². The third kappa shape index (κ3) is 5.26. The molecule has 2 heterocycles. The number of para-hydroxylation sites is 2. The standard InChI is InChI=1S/C54H36N2/c1-4-15-37(16-5-1)40-21-12-23-44(33-40)55-51-28-11-10-25-47(51)49-35-42(29-31-52(49)55)43-30-32-53-50(36-43)48-27-14-26-46(39-19-8-3-9-20-39)54(48)56(53)45-24-13-22-41(34-45)38-17-6-2-7-18-38/h1-36H. The van der Waals surface area contributed by atoms with Gasteiger partial charge in [0.25, 0.3) is 0 Å². The van der Waals surface area contributed by atoms with Crippen molar-refractivity contribution in [1.29, 1.82) is 0 Å². The first-order valence-electron chi connectivity index (χ1n) is 19.3. The molecule has 0 saturated heterocycles. The van der Waals surface area contributed by atoms with Gasteiger partial charge in [-0.1, -0.05) is 164 Å². The first-order valence-corrected chi connectivity index (χ1v) is 19.3. The van der Waals surface area contributed by atoms with Crippen molar-refractivity contribution in [3.05, 3.63) is 218 Å². The molecule has 0 amide bonds. The van der Waals surface area contributed by atoms with Crippen molar-refractivity contribution in [2.24, 2.45) is 0 Å². The number of benzene rings is 9. The lowest BCUT2D eigenvalue weighted by molar-refractivity contribution is 1.18. The zero-order valence-corrected chi connectivity index (χ0v) is 30.7. The average Bonchev–Trinajstić information content (AvgIpc) is 3.80. The highest BCUT2D eigenvalue weighted by molar-refractivity contribution is 6.15. The molecular formula is C54H36N2. The maximum atomic E-state index is 2.46. The molecule has 0 aliphatic rings. The fourth-order valence-corrected chi connectivity index (χ4v) is 8.71. The van der Waals surface area contributed by atoms with E-state index in [9.17, 15) is 0 Å². The molecule has 0 spiro atoms. The predicted octanol–water partition coefficient (Wildman–Crippen LogP) is 14.5. The topological polar surface area (TPSA) is 9.86 Å². The van der Waals surface area contributed by atoms with Crippen molar-refractivity contribution in [2.45, 2.75) is 0 Å². The summed E-state index contributed by atoms with van der Waals surface area (Å²) in [6.45, 7) is 0. The summed E-state index contributed by atoms with van der Waals surface area (Å²) in [5.41, 5.74) is 16.8. The minimum Gasteiger partial charge on any atom is -0.309 e. The Bertz CT molecular complexity index is 3220. The van der Waals surface area contributed by atoms with E-state index in [4.69, 9.17) is 0 Å². The highest BCUT2D eigenvalue weighted by Crippen LogP contribution is 2.41. The van der Waals surface area contributed by atoms with Crippen molar-refractivity contribution in [1.82, 2.24) is 9.13 Å². The van der Waals surface area contributed by atoms with Gasteiger partial charge >= 0.3 is 0 Å². The second kappa shape index (κ2) is 13.2. The summed E-state index contributed by atoms with van der Waals surface area (Å²) in [7, 11) is 0. The van der Waals surface area contributed by atoms with Crippen LogP contribution in [-0.4, -0.2) is 9.13 Å². The molecule has 262 valence electrons. The fourth-order valence-electron chi connectivity index (χ4n) is 8.71. The predicted molar refractivity (Wildman–Crippen MR) is 237 cm³/mol. The molecule has 9 aromatic carbocycles. The van der Waals surface area contributed by atoms with Gasteiger partial charge in [-0.15, -0.1) is 0 Å². The Morgan fingerprint density at radius 3 is 1.29 bits per heavy atom. The molecule has 0 N–H and O–H groups in total. The van der Waals surface area contributed by atoms with Crippen molar-refractivity contribution in [2.75, 3.05) is 0 Å². The van der Waals surface area contributed by atoms with Gasteiger partial charge in [-0.25, -0.2) is 0 Å². The van der Waals surface area contributed by atoms with E-state index < -0.39 is 0 Å². The summed E-state index contributed by atoms with van der Waals surface area (Å²) >= 11 is 0. The number of nitrogens with zero attached hydrogens (tertiary/aromatic N) is 2. The summed E-state index contributed by atoms with van der Waals surface area (Å²) < 4.78 is 4.87. The molecular weight excluding hydrogens is 677 g/mol. The van der Waals surface area contributed by atoms with Crippen LogP contribution in [-0.2, 0) is 0 Å². The van der Waals surface area contributed by atoms with E-state index >= 15 is 0 Å². The first-order chi connectivity index (χ1) is 27.8. The van der Waals surface area contributed by atoms with Crippen LogP contribution in [0.25, 0.3) is 99.5 Å². The third-order valence-electron chi connectivity index (χ3n) is 11.3. The van der Waals surface area contributed by atoms with Crippen molar-refractivity contribution in [3.63, 3.8) is 0 Å². The van der Waals surface area contributed by atoms with Crippen LogP contribution in [0.4, 0.5) is 0 Å². The maximum Gasteiger partial charge on any atom is 0.0619 e. The smallest absolute Gasteiger partial charge is 0.0619 e. The lowest BCUT2D eigenvalue weighted by atomic mass is 9.99. The van der Waals surface area contributed by atoms with E-state index in [-0.39, 0.29) is 0 Å². The first kappa shape index (κ1) is 32.0. The van der Waals surface area contributed by atoms with E-state index in [1.54, 1.807) is 0 Å². The Morgan fingerprint density at radius 2 is 0.661 bits per heavy atom. The Morgan fingerprint density at radius 1 is 0.232 bits per heavy atom. The molecule has 2 heteroatoms. The Labute approximate surface area is 325 Å². The molecule has 0 aliphatic carbocycles. The van der Waals surface area contributed by atoms with Gasteiger partial charge in [0, 0.05) is 38.5 Å². The van der Waals surface area contributed by atoms with Crippen LogP contribution < -0.4 is 0 Å². The number of fused-ring (bicyclic) bond motifs is 6. The monoisotopic (exact) mass is 712 g/mol. The molecule has 0 atom stereocenters. The molecule has 0 bridgehead atoms. The van der Waals surface area contributed by atoms with Gasteiger partial charge in [0.05, 0.1) is 22.1 Å². The molecule has 11 aromatic rings. The molecule has 56 heavy (non-hydrogen) atoms. The van der Waals surface area contributed by atoms with E-state index in [2.05, 4.69) is 228 Å². The number of rotatable bonds is 6. The summed E-state index contributed by atoms with van der Waals surface area (Å²) in [6.07, 6.45) is 0. The molecule has 0 radical (unpaired) electrons. The fraction of sp³-hybridized carbons (Fsp3) is 0. The van der Waals surface area contributed by atoms with Crippen LogP contribution in [0.3, 0.4) is 0 Å². The Balaban J connectivity index is 1.10. The average molecular weight is 713 g/mol. The van der Waals surface area contributed by atoms with Gasteiger partial charge in [0.15, 0.2) is 0 Å². The number of aromatic nitrogens is 2. The number of hydrogen-bond donors (Lipinski definition) is 0. The van der Waals surface area contributed by atoms with Crippen LogP contribution in [0.5, 0.6) is 0 Å². The third-order valence-corrected chi connectivity index (χ3v) is 11.3. The van der Waals surface area contributed by atoms with Crippen LogP contribution in [0.15, 0.2) is 218 Å². The highest BCUT2D eigenvalue weighted by atomic mass is 15.0. The molecule has 0 unspecified atom stereocenters. The van der Waals surface area contributed by atoms with Gasteiger partial charge in [-0.3, -0.25) is 0 Å². The molecule has 2 nitrogen and oxygen atoms in total. The van der Waals surface area contributed by atoms with Crippen LogP contribution in [0.1, 0.15) is 0 Å². The van der Waals surface area contributed by atoms with Gasteiger partial charge in [0.1, 0.15) is 0 Å². The molecule has 0 aliphatic heterocycles. The normalized spacial score (nSPS) is 11.6. The van der Waals surface area contributed by atoms with E-state index in [0.717, 1.165) is 11.4 Å². The largest absolute Gasteiger partial charge is 0.309 e. The van der Waals surface area contributed by atoms with Crippen molar-refractivity contribution in [3.8, 4) is 55.9 Å². The quantitative estimate of drug-likeness (QED) is 0.162. The molecule has 2 aromatic heterocycles. The van der Waals surface area contributed by atoms with Crippen LogP contribution in [0, 0.1) is 0 Å². The zero-order chi connectivity index (χ0) is 37.0. The number of hydrogen-bond acceptors (Lipinski definition) is 0. The minimum atomic E-state index is 1.15. The SMILES string of the molecule is c1ccc(-c2cccc(-n3c4ccccc4c4cc(-c5ccc6c(c5)c5cccc(-c7ccccc7)c5n6-c5cccc(-c6ccccc6)c5)ccc43)c2)cc1. The second-order valence-electron chi connectivity index (χ2n) is 14.6. The Hall–Kier alpha value is -7.42. The van der Waals surface area contributed by atoms with Crippen molar-refractivity contribution < 1.29 is 0 Å². The molecule has 0 fully saturated rings. The summed E-state index contributed by atoms with van der Waals surface area (Å²) in [4.78, 5) is 0. The zero-order valence-electron chi connectivity index (χ0n) is 30.7. The lowest BCUT2D eigenvalue weighted by Crippen LogP contribution is -1.96. The van der Waals surface area contributed by atoms with Crippen LogP contribution >= 0.6 is 0 Å². The van der Waals surface area contributed by atoms with Gasteiger partial charge in [-0.2, -0.15) is 0 Å². The molecule has 11 rings (SSSR count). The summed E-state index contributed by atoms with van der Waals surface area (Å²) in [6, 6.07) is 79.4. The summed E-state index contributed by atoms with van der Waals surface area (Å²) in [5.74, 6) is 0. The lowest BCUT2D eigenvalue weighted by Gasteiger charge is -2.13. The Kier molecular flexibility index (Phi) is 7.53. The summed E-state index contributed by atoms with van der Waals surface area (Å²) in [5, 5.41) is 4.97. The van der Waals surface area contributed by atoms with Gasteiger partial charge in [0.2, 0.25) is 0 Å². The van der Waals surface area contributed by atoms with E-state index in [1.807, 2.05) is 0 Å². The highest BCUT2D eigenvalue weighted by Gasteiger charge is 2.19. The van der Waals surface area contributed by atoms with E-state index in [1.165, 1.54) is 88.1 Å². The molecule has 0 saturated carbocycles. The van der Waals surface area contributed by atoms with Gasteiger partial charge < -0.3 is 9.13 Å². The maximum absolute atomic E-state index is 2.46.